The number of fused-ring (bicyclic) bond motifs is 4. The van der Waals surface area contributed by atoms with Gasteiger partial charge in [0, 0.05) is 39.9 Å². The molecule has 2 heterocycles. The van der Waals surface area contributed by atoms with Crippen LogP contribution in [0.1, 0.15) is 37.8 Å². The molecule has 6 rings (SSSR count). The average molecular weight is 473 g/mol. The van der Waals surface area contributed by atoms with Crippen molar-refractivity contribution in [3.63, 3.8) is 0 Å². The molecule has 0 bridgehead atoms. The summed E-state index contributed by atoms with van der Waals surface area (Å²) < 4.78 is 5.44. The second kappa shape index (κ2) is 7.01. The van der Waals surface area contributed by atoms with Crippen LogP contribution in [0.25, 0.3) is 0 Å². The first kappa shape index (κ1) is 21.1. The predicted molar refractivity (Wildman–Crippen MR) is 128 cm³/mol. The zero-order valence-corrected chi connectivity index (χ0v) is 19.3. The van der Waals surface area contributed by atoms with Crippen LogP contribution in [-0.4, -0.2) is 43.1 Å². The van der Waals surface area contributed by atoms with Crippen molar-refractivity contribution in [3.8, 4) is 5.75 Å². The molecule has 34 heavy (non-hydrogen) atoms. The summed E-state index contributed by atoms with van der Waals surface area (Å²) >= 11 is 6.39. The molecule has 2 aliphatic heterocycles. The molecule has 3 aromatic carbocycles. The van der Waals surface area contributed by atoms with Gasteiger partial charge in [-0.05, 0) is 42.9 Å². The van der Waals surface area contributed by atoms with Crippen molar-refractivity contribution in [1.29, 1.82) is 0 Å². The minimum Gasteiger partial charge on any atom is -0.497 e. The Morgan fingerprint density at radius 3 is 2.35 bits per heavy atom. The lowest BCUT2D eigenvalue weighted by atomic mass is 9.58. The Bertz CT molecular complexity index is 1380. The SMILES string of the molecule is COc1cccc([C@H]2CN(C)[C@]3(C(=O)Nc4ccc(Cl)cc43)C23C(=O)c2ccccc2C3=O)c1. The van der Waals surface area contributed by atoms with E-state index >= 15 is 0 Å². The van der Waals surface area contributed by atoms with E-state index in [1.807, 2.05) is 29.2 Å². The fourth-order valence-corrected chi connectivity index (χ4v) is 6.57. The zero-order chi connectivity index (χ0) is 23.8. The van der Waals surface area contributed by atoms with Gasteiger partial charge in [-0.2, -0.15) is 0 Å². The molecule has 2 atom stereocenters. The van der Waals surface area contributed by atoms with Crippen LogP contribution in [0.2, 0.25) is 5.02 Å². The van der Waals surface area contributed by atoms with E-state index in [2.05, 4.69) is 5.32 Å². The second-order valence-electron chi connectivity index (χ2n) is 9.08. The first-order valence-electron chi connectivity index (χ1n) is 11.0. The summed E-state index contributed by atoms with van der Waals surface area (Å²) in [6.07, 6.45) is 0. The molecule has 3 aromatic rings. The van der Waals surface area contributed by atoms with Crippen LogP contribution in [0.3, 0.4) is 0 Å². The number of likely N-dealkylation sites (N-methyl/N-ethyl adjacent to an activating group) is 1. The minimum absolute atomic E-state index is 0.317. The molecule has 1 fully saturated rings. The molecule has 0 aromatic heterocycles. The molecule has 1 N–H and O–H groups in total. The number of rotatable bonds is 2. The highest BCUT2D eigenvalue weighted by Crippen LogP contribution is 2.66. The van der Waals surface area contributed by atoms with Crippen molar-refractivity contribution in [1.82, 2.24) is 4.90 Å². The summed E-state index contributed by atoms with van der Waals surface area (Å²) in [5, 5.41) is 3.36. The van der Waals surface area contributed by atoms with Gasteiger partial charge in [0.2, 0.25) is 0 Å². The van der Waals surface area contributed by atoms with Crippen LogP contribution in [0.15, 0.2) is 66.7 Å². The lowest BCUT2D eigenvalue weighted by Crippen LogP contribution is -2.60. The van der Waals surface area contributed by atoms with Gasteiger partial charge in [0.25, 0.3) is 5.91 Å². The van der Waals surface area contributed by atoms with Crippen molar-refractivity contribution < 1.29 is 19.1 Å². The number of nitrogens with one attached hydrogen (secondary N) is 1. The number of ether oxygens (including phenoxy) is 1. The van der Waals surface area contributed by atoms with Crippen molar-refractivity contribution in [3.05, 3.63) is 94.0 Å². The van der Waals surface area contributed by atoms with Crippen molar-refractivity contribution in [2.45, 2.75) is 11.5 Å². The Morgan fingerprint density at radius 2 is 1.68 bits per heavy atom. The third kappa shape index (κ3) is 2.27. The molecule has 0 unspecified atom stereocenters. The number of halogens is 1. The number of carbonyl (C=O) groups is 3. The van der Waals surface area contributed by atoms with E-state index in [0.29, 0.717) is 39.7 Å². The molecule has 0 radical (unpaired) electrons. The van der Waals surface area contributed by atoms with Crippen LogP contribution in [-0.2, 0) is 10.3 Å². The van der Waals surface area contributed by atoms with Gasteiger partial charge < -0.3 is 10.1 Å². The van der Waals surface area contributed by atoms with E-state index in [4.69, 9.17) is 16.3 Å². The molecular formula is C27H21ClN2O4. The molecular weight excluding hydrogens is 452 g/mol. The maximum absolute atomic E-state index is 14.4. The summed E-state index contributed by atoms with van der Waals surface area (Å²) in [6.45, 7) is 0.317. The number of amides is 1. The molecule has 170 valence electrons. The van der Waals surface area contributed by atoms with Gasteiger partial charge >= 0.3 is 0 Å². The van der Waals surface area contributed by atoms with E-state index in [0.717, 1.165) is 5.56 Å². The largest absolute Gasteiger partial charge is 0.497 e. The highest BCUT2D eigenvalue weighted by atomic mass is 35.5. The van der Waals surface area contributed by atoms with Crippen LogP contribution < -0.4 is 10.1 Å². The highest BCUT2D eigenvalue weighted by molar-refractivity contribution is 6.35. The summed E-state index contributed by atoms with van der Waals surface area (Å²) in [6, 6.07) is 19.3. The smallest absolute Gasteiger partial charge is 0.251 e. The summed E-state index contributed by atoms with van der Waals surface area (Å²) in [4.78, 5) is 44.6. The molecule has 1 amide bonds. The number of benzene rings is 3. The van der Waals surface area contributed by atoms with E-state index in [1.54, 1.807) is 56.6 Å². The minimum atomic E-state index is -1.70. The van der Waals surface area contributed by atoms with E-state index in [-0.39, 0.29) is 11.6 Å². The van der Waals surface area contributed by atoms with E-state index in [9.17, 15) is 14.4 Å². The van der Waals surface area contributed by atoms with Crippen LogP contribution in [0.5, 0.6) is 5.75 Å². The lowest BCUT2D eigenvalue weighted by Gasteiger charge is -2.42. The normalized spacial score (nSPS) is 24.6. The number of ketones is 2. The molecule has 3 aliphatic rings. The summed E-state index contributed by atoms with van der Waals surface area (Å²) in [7, 11) is 3.36. The topological polar surface area (TPSA) is 75.7 Å². The first-order chi connectivity index (χ1) is 16.4. The third-order valence-corrected chi connectivity index (χ3v) is 7.93. The van der Waals surface area contributed by atoms with Gasteiger partial charge in [-0.15, -0.1) is 0 Å². The maximum atomic E-state index is 14.4. The molecule has 0 saturated carbocycles. The Balaban J connectivity index is 1.72. The van der Waals surface area contributed by atoms with Gasteiger partial charge in [0.15, 0.2) is 11.6 Å². The second-order valence-corrected chi connectivity index (χ2v) is 9.51. The number of carbonyl (C=O) groups excluding carboxylic acids is 3. The standard InChI is InChI=1S/C27H21ClN2O4/c1-30-14-21(15-6-5-7-17(12-15)34-2)26(23(31)18-8-3-4-9-19(18)24(26)32)27(30)20-13-16(28)10-11-22(20)29-25(27)33/h3-13,21H,14H2,1-2H3,(H,29,33)/t21-,27-/m1/s1. The van der Waals surface area contributed by atoms with Gasteiger partial charge in [0.1, 0.15) is 16.7 Å². The number of likely N-dealkylation sites (tertiary alicyclic amines) is 1. The number of hydrogen-bond donors (Lipinski definition) is 1. The van der Waals surface area contributed by atoms with Crippen LogP contribution in [0, 0.1) is 5.41 Å². The van der Waals surface area contributed by atoms with E-state index < -0.39 is 22.8 Å². The first-order valence-corrected chi connectivity index (χ1v) is 11.4. The predicted octanol–water partition coefficient (Wildman–Crippen LogP) is 4.29. The van der Waals surface area contributed by atoms with Crippen molar-refractivity contribution in [2.24, 2.45) is 5.41 Å². The van der Waals surface area contributed by atoms with E-state index in [1.165, 1.54) is 0 Å². The van der Waals surface area contributed by atoms with Gasteiger partial charge in [-0.3, -0.25) is 19.3 Å². The van der Waals surface area contributed by atoms with Crippen molar-refractivity contribution >= 4 is 34.8 Å². The molecule has 1 saturated heterocycles. The van der Waals surface area contributed by atoms with Gasteiger partial charge in [-0.25, -0.2) is 0 Å². The lowest BCUT2D eigenvalue weighted by molar-refractivity contribution is -0.128. The van der Waals surface area contributed by atoms with Crippen LogP contribution in [0.4, 0.5) is 5.69 Å². The number of methoxy groups -OCH3 is 1. The quantitative estimate of drug-likeness (QED) is 0.563. The van der Waals surface area contributed by atoms with Gasteiger partial charge in [0.05, 0.1) is 7.11 Å². The average Bonchev–Trinajstić information content (AvgIpc) is 3.39. The number of hydrogen-bond acceptors (Lipinski definition) is 5. The Morgan fingerprint density at radius 1 is 0.971 bits per heavy atom. The number of anilines is 1. The zero-order valence-electron chi connectivity index (χ0n) is 18.6. The maximum Gasteiger partial charge on any atom is 0.251 e. The Hall–Kier alpha value is -3.48. The summed E-state index contributed by atoms with van der Waals surface area (Å²) in [5.74, 6) is -1.05. The number of nitrogens with zero attached hydrogens (tertiary/aromatic N) is 1. The number of Topliss-reactive ketones (excluding diaryl/α,β-unsaturated/α-hetero) is 2. The molecule has 7 heteroatoms. The monoisotopic (exact) mass is 472 g/mol. The molecule has 2 spiro atoms. The Labute approximate surface area is 201 Å². The Kier molecular flexibility index (Phi) is 4.35. The van der Waals surface area contributed by atoms with Crippen LogP contribution >= 0.6 is 11.6 Å². The fourth-order valence-electron chi connectivity index (χ4n) is 6.40. The molecule has 6 nitrogen and oxygen atoms in total. The highest BCUT2D eigenvalue weighted by Gasteiger charge is 2.78. The third-order valence-electron chi connectivity index (χ3n) is 7.70. The van der Waals surface area contributed by atoms with Gasteiger partial charge in [-0.1, -0.05) is 48.0 Å². The van der Waals surface area contributed by atoms with Crippen molar-refractivity contribution in [2.75, 3.05) is 26.0 Å². The fraction of sp³-hybridized carbons (Fsp3) is 0.222. The summed E-state index contributed by atoms with van der Waals surface area (Å²) in [5.41, 5.74) is -0.681. The molecule has 1 aliphatic carbocycles.